The fourth-order valence-electron chi connectivity index (χ4n) is 2.24. The molecule has 0 saturated carbocycles. The monoisotopic (exact) mass is 313 g/mol. The zero-order valence-electron chi connectivity index (χ0n) is 12.4. The van der Waals surface area contributed by atoms with Gasteiger partial charge < -0.3 is 10.3 Å². The second-order valence-corrected chi connectivity index (χ2v) is 5.59. The van der Waals surface area contributed by atoms with E-state index in [1.54, 1.807) is 0 Å². The molecule has 0 saturated heterocycles. The molecular formula is C17H16ClN3O. The molecule has 0 atom stereocenters. The highest BCUT2D eigenvalue weighted by Crippen LogP contribution is 2.26. The minimum absolute atomic E-state index is 0.00149. The van der Waals surface area contributed by atoms with Gasteiger partial charge in [0.15, 0.2) is 0 Å². The van der Waals surface area contributed by atoms with E-state index in [0.717, 1.165) is 33.7 Å². The lowest BCUT2D eigenvalue weighted by atomic mass is 10.2. The number of carbonyl (C=O) groups is 1. The van der Waals surface area contributed by atoms with Crippen molar-refractivity contribution in [3.63, 3.8) is 0 Å². The van der Waals surface area contributed by atoms with Crippen LogP contribution in [0.15, 0.2) is 36.4 Å². The van der Waals surface area contributed by atoms with Crippen molar-refractivity contribution >= 4 is 34.2 Å². The molecule has 2 aromatic carbocycles. The number of halogens is 1. The lowest BCUT2D eigenvalue weighted by molar-refractivity contribution is -0.115. The Balaban J connectivity index is 1.92. The molecule has 112 valence electrons. The zero-order valence-corrected chi connectivity index (χ0v) is 13.2. The molecule has 22 heavy (non-hydrogen) atoms. The van der Waals surface area contributed by atoms with Gasteiger partial charge in [-0.2, -0.15) is 0 Å². The Kier molecular flexibility index (Phi) is 3.86. The number of carbonyl (C=O) groups excluding carboxylic acids is 1. The molecule has 1 amide bonds. The van der Waals surface area contributed by atoms with Crippen molar-refractivity contribution in [3.8, 4) is 11.4 Å². The van der Waals surface area contributed by atoms with E-state index in [4.69, 9.17) is 11.6 Å². The molecule has 4 nitrogen and oxygen atoms in total. The van der Waals surface area contributed by atoms with Gasteiger partial charge in [-0.15, -0.1) is 0 Å². The van der Waals surface area contributed by atoms with E-state index in [0.29, 0.717) is 11.4 Å². The number of amides is 1. The smallest absolute Gasteiger partial charge is 0.224 e. The molecule has 0 radical (unpaired) electrons. The zero-order chi connectivity index (χ0) is 15.7. The van der Waals surface area contributed by atoms with E-state index < -0.39 is 0 Å². The lowest BCUT2D eigenvalue weighted by Crippen LogP contribution is -2.09. The number of anilines is 1. The minimum atomic E-state index is 0.00149. The number of aromatic nitrogens is 2. The summed E-state index contributed by atoms with van der Waals surface area (Å²) in [5.74, 6) is 0.784. The van der Waals surface area contributed by atoms with Crippen LogP contribution < -0.4 is 5.32 Å². The van der Waals surface area contributed by atoms with E-state index in [9.17, 15) is 4.79 Å². The van der Waals surface area contributed by atoms with Gasteiger partial charge in [0.05, 0.1) is 11.0 Å². The third-order valence-electron chi connectivity index (χ3n) is 3.53. The number of nitrogens with one attached hydrogen (secondary N) is 2. The van der Waals surface area contributed by atoms with E-state index in [2.05, 4.69) is 15.3 Å². The second kappa shape index (κ2) is 5.81. The van der Waals surface area contributed by atoms with Crippen molar-refractivity contribution in [1.29, 1.82) is 0 Å². The molecule has 3 rings (SSSR count). The van der Waals surface area contributed by atoms with Crippen LogP contribution in [0.2, 0.25) is 5.02 Å². The summed E-state index contributed by atoms with van der Waals surface area (Å²) in [6.07, 6.45) is 0.464. The molecule has 5 heteroatoms. The number of H-pyrrole nitrogens is 1. The largest absolute Gasteiger partial charge is 0.338 e. The first-order valence-electron chi connectivity index (χ1n) is 7.13. The molecule has 0 spiro atoms. The highest BCUT2D eigenvalue weighted by molar-refractivity contribution is 6.32. The molecule has 0 bridgehead atoms. The highest BCUT2D eigenvalue weighted by Gasteiger charge is 2.08. The summed E-state index contributed by atoms with van der Waals surface area (Å²) in [5, 5.41) is 3.54. The van der Waals surface area contributed by atoms with Crippen LogP contribution >= 0.6 is 11.6 Å². The Labute approximate surface area is 133 Å². The molecule has 0 fully saturated rings. The molecule has 1 heterocycles. The van der Waals surface area contributed by atoms with Crippen LogP contribution in [0.5, 0.6) is 0 Å². The summed E-state index contributed by atoms with van der Waals surface area (Å²) in [7, 11) is 0. The minimum Gasteiger partial charge on any atom is -0.338 e. The van der Waals surface area contributed by atoms with Gasteiger partial charge in [-0.1, -0.05) is 18.5 Å². The van der Waals surface area contributed by atoms with Gasteiger partial charge in [-0.3, -0.25) is 4.79 Å². The average Bonchev–Trinajstić information content (AvgIpc) is 2.91. The quantitative estimate of drug-likeness (QED) is 0.745. The Morgan fingerprint density at radius 3 is 2.68 bits per heavy atom. The van der Waals surface area contributed by atoms with Crippen molar-refractivity contribution in [1.82, 2.24) is 9.97 Å². The van der Waals surface area contributed by atoms with Gasteiger partial charge in [0.2, 0.25) is 5.91 Å². The molecular weight excluding hydrogens is 298 g/mol. The topological polar surface area (TPSA) is 57.8 Å². The second-order valence-electron chi connectivity index (χ2n) is 5.18. The molecule has 1 aromatic heterocycles. The van der Waals surface area contributed by atoms with Crippen molar-refractivity contribution in [2.24, 2.45) is 0 Å². The van der Waals surface area contributed by atoms with Gasteiger partial charge >= 0.3 is 0 Å². The van der Waals surface area contributed by atoms with Gasteiger partial charge in [0, 0.05) is 22.7 Å². The number of aryl methyl sites for hydroxylation is 1. The fourth-order valence-corrected chi connectivity index (χ4v) is 2.40. The van der Waals surface area contributed by atoms with Crippen molar-refractivity contribution in [2.75, 3.05) is 5.32 Å². The van der Waals surface area contributed by atoms with Gasteiger partial charge in [-0.25, -0.2) is 4.98 Å². The van der Waals surface area contributed by atoms with E-state index in [1.807, 2.05) is 50.2 Å². The standard InChI is InChI=1S/C17H16ClN3O/c1-3-16(22)19-12-6-4-11(5-7-12)17-20-14-8-10(2)13(18)9-15(14)21-17/h4-9H,3H2,1-2H3,(H,19,22)(H,20,21). The normalized spacial score (nSPS) is 10.9. The predicted molar refractivity (Wildman–Crippen MR) is 90.2 cm³/mol. The van der Waals surface area contributed by atoms with Gasteiger partial charge in [-0.05, 0) is 48.9 Å². The molecule has 0 aliphatic carbocycles. The fraction of sp³-hybridized carbons (Fsp3) is 0.176. The van der Waals surface area contributed by atoms with E-state index >= 15 is 0 Å². The SMILES string of the molecule is CCC(=O)Nc1ccc(-c2nc3cc(Cl)c(C)cc3[nH]2)cc1. The van der Waals surface area contributed by atoms with Crippen LogP contribution in [-0.2, 0) is 4.79 Å². The van der Waals surface area contributed by atoms with Crippen molar-refractivity contribution < 1.29 is 4.79 Å². The number of benzene rings is 2. The summed E-state index contributed by atoms with van der Waals surface area (Å²) in [5.41, 5.74) is 4.56. The first-order valence-corrected chi connectivity index (χ1v) is 7.51. The van der Waals surface area contributed by atoms with Crippen LogP contribution in [0.4, 0.5) is 5.69 Å². The number of hydrogen-bond donors (Lipinski definition) is 2. The number of aromatic amines is 1. The number of fused-ring (bicyclic) bond motifs is 1. The number of nitrogens with zero attached hydrogens (tertiary/aromatic N) is 1. The van der Waals surface area contributed by atoms with Crippen molar-refractivity contribution in [3.05, 3.63) is 47.0 Å². The summed E-state index contributed by atoms with van der Waals surface area (Å²) in [6, 6.07) is 11.4. The molecule has 0 aliphatic rings. The van der Waals surface area contributed by atoms with E-state index in [-0.39, 0.29) is 5.91 Å². The summed E-state index contributed by atoms with van der Waals surface area (Å²) >= 11 is 6.13. The van der Waals surface area contributed by atoms with Gasteiger partial charge in [0.1, 0.15) is 5.82 Å². The van der Waals surface area contributed by atoms with Crippen LogP contribution in [0, 0.1) is 6.92 Å². The Morgan fingerprint density at radius 2 is 2.00 bits per heavy atom. The molecule has 3 aromatic rings. The van der Waals surface area contributed by atoms with Gasteiger partial charge in [0.25, 0.3) is 0 Å². The van der Waals surface area contributed by atoms with Crippen LogP contribution in [0.3, 0.4) is 0 Å². The predicted octanol–water partition coefficient (Wildman–Crippen LogP) is 4.54. The van der Waals surface area contributed by atoms with Crippen LogP contribution in [-0.4, -0.2) is 15.9 Å². The van der Waals surface area contributed by atoms with Crippen LogP contribution in [0.1, 0.15) is 18.9 Å². The lowest BCUT2D eigenvalue weighted by Gasteiger charge is -2.04. The number of rotatable bonds is 3. The molecule has 0 aliphatic heterocycles. The maximum Gasteiger partial charge on any atom is 0.224 e. The molecule has 2 N–H and O–H groups in total. The maximum atomic E-state index is 11.4. The van der Waals surface area contributed by atoms with Crippen molar-refractivity contribution in [2.45, 2.75) is 20.3 Å². The summed E-state index contributed by atoms with van der Waals surface area (Å²) < 4.78 is 0. The number of imidazole rings is 1. The third-order valence-corrected chi connectivity index (χ3v) is 3.93. The highest BCUT2D eigenvalue weighted by atomic mass is 35.5. The molecule has 0 unspecified atom stereocenters. The summed E-state index contributed by atoms with van der Waals surface area (Å²) in [4.78, 5) is 19.2. The Bertz CT molecular complexity index is 798. The Hall–Kier alpha value is -2.33. The maximum absolute atomic E-state index is 11.4. The Morgan fingerprint density at radius 1 is 1.27 bits per heavy atom. The first kappa shape index (κ1) is 14.6. The van der Waals surface area contributed by atoms with E-state index in [1.165, 1.54) is 0 Å². The first-order chi connectivity index (χ1) is 10.6. The van der Waals surface area contributed by atoms with Crippen LogP contribution in [0.25, 0.3) is 22.4 Å². The third kappa shape index (κ3) is 2.83. The summed E-state index contributed by atoms with van der Waals surface area (Å²) in [6.45, 7) is 3.79. The number of hydrogen-bond acceptors (Lipinski definition) is 2. The average molecular weight is 314 g/mol.